The quantitative estimate of drug-likeness (QED) is 0.696. The van der Waals surface area contributed by atoms with Gasteiger partial charge in [-0.3, -0.25) is 0 Å². The molecular weight excluding hydrogens is 250 g/mol. The molecule has 1 atom stereocenters. The maximum absolute atomic E-state index is 11.2. The van der Waals surface area contributed by atoms with Gasteiger partial charge in [-0.2, -0.15) is 0 Å². The van der Waals surface area contributed by atoms with Crippen molar-refractivity contribution in [2.45, 2.75) is 45.1 Å². The fraction of sp³-hybridized carbons (Fsp3) is 0.500. The molecule has 1 aromatic rings. The first kappa shape index (κ1) is 14.8. The molecule has 0 radical (unpaired) electrons. The Morgan fingerprint density at radius 2 is 2.17 bits per heavy atom. The summed E-state index contributed by atoms with van der Waals surface area (Å²) in [6, 6.07) is 6.60. The summed E-state index contributed by atoms with van der Waals surface area (Å²) in [6.45, 7) is 2.14. The maximum atomic E-state index is 11.2. The number of benzene rings is 1. The molecule has 0 saturated carbocycles. The second kappa shape index (κ2) is 7.98. The van der Waals surface area contributed by atoms with Crippen molar-refractivity contribution >= 4 is 23.3 Å². The average Bonchev–Trinajstić information content (AvgIpc) is 2.33. The van der Waals surface area contributed by atoms with E-state index in [9.17, 15) is 4.79 Å². The van der Waals surface area contributed by atoms with Crippen LogP contribution in [0.3, 0.4) is 0 Å². The van der Waals surface area contributed by atoms with Gasteiger partial charge in [0.1, 0.15) is 6.04 Å². The molecule has 0 aliphatic heterocycles. The highest BCUT2D eigenvalue weighted by atomic mass is 35.5. The lowest BCUT2D eigenvalue weighted by Gasteiger charge is -2.15. The number of carboxylic acid groups (broad SMARTS) is 1. The molecule has 1 aromatic carbocycles. The van der Waals surface area contributed by atoms with Crippen LogP contribution in [0, 0.1) is 0 Å². The summed E-state index contributed by atoms with van der Waals surface area (Å²) >= 11 is 5.87. The van der Waals surface area contributed by atoms with Crippen LogP contribution < -0.4 is 5.32 Å². The number of aliphatic carboxylic acids is 1. The summed E-state index contributed by atoms with van der Waals surface area (Å²) in [5, 5.41) is 12.8. The molecule has 100 valence electrons. The lowest BCUT2D eigenvalue weighted by molar-refractivity contribution is -0.138. The van der Waals surface area contributed by atoms with Gasteiger partial charge in [-0.15, -0.1) is 0 Å². The Kier molecular flexibility index (Phi) is 6.58. The van der Waals surface area contributed by atoms with Gasteiger partial charge in [0, 0.05) is 10.7 Å². The zero-order valence-corrected chi connectivity index (χ0v) is 11.4. The summed E-state index contributed by atoms with van der Waals surface area (Å²) < 4.78 is 0. The monoisotopic (exact) mass is 269 g/mol. The van der Waals surface area contributed by atoms with E-state index in [1.165, 1.54) is 0 Å². The number of carboxylic acids is 1. The van der Waals surface area contributed by atoms with Gasteiger partial charge < -0.3 is 10.4 Å². The third-order valence-electron chi connectivity index (χ3n) is 2.81. The van der Waals surface area contributed by atoms with E-state index >= 15 is 0 Å². The molecule has 4 heteroatoms. The minimum absolute atomic E-state index is 0.541. The van der Waals surface area contributed by atoms with Crippen LogP contribution >= 0.6 is 11.6 Å². The number of hydrogen-bond acceptors (Lipinski definition) is 2. The van der Waals surface area contributed by atoms with Crippen molar-refractivity contribution in [2.24, 2.45) is 0 Å². The first-order valence-corrected chi connectivity index (χ1v) is 6.76. The van der Waals surface area contributed by atoms with E-state index in [1.54, 1.807) is 18.2 Å². The molecule has 3 nitrogen and oxygen atoms in total. The van der Waals surface area contributed by atoms with Crippen LogP contribution in [0.2, 0.25) is 5.02 Å². The van der Waals surface area contributed by atoms with Gasteiger partial charge >= 0.3 is 5.97 Å². The number of carbonyl (C=O) groups is 1. The molecule has 1 rings (SSSR count). The second-order valence-electron chi connectivity index (χ2n) is 4.39. The molecule has 1 unspecified atom stereocenters. The molecule has 0 amide bonds. The van der Waals surface area contributed by atoms with Gasteiger partial charge in [0.25, 0.3) is 0 Å². The number of rotatable bonds is 8. The van der Waals surface area contributed by atoms with E-state index in [1.807, 2.05) is 6.07 Å². The largest absolute Gasteiger partial charge is 0.480 e. The Morgan fingerprint density at radius 3 is 2.78 bits per heavy atom. The summed E-state index contributed by atoms with van der Waals surface area (Å²) in [4.78, 5) is 11.2. The molecule has 0 fully saturated rings. The van der Waals surface area contributed by atoms with E-state index in [-0.39, 0.29) is 0 Å². The molecule has 0 aliphatic rings. The van der Waals surface area contributed by atoms with Crippen molar-refractivity contribution < 1.29 is 9.90 Å². The van der Waals surface area contributed by atoms with Gasteiger partial charge in [-0.25, -0.2) is 4.79 Å². The van der Waals surface area contributed by atoms with Crippen LogP contribution in [0.25, 0.3) is 0 Å². The molecule has 0 bridgehead atoms. The van der Waals surface area contributed by atoms with Gasteiger partial charge in [0.15, 0.2) is 0 Å². The zero-order valence-electron chi connectivity index (χ0n) is 10.7. The predicted octanol–water partition coefficient (Wildman–Crippen LogP) is 4.18. The second-order valence-corrected chi connectivity index (χ2v) is 4.83. The third-order valence-corrected chi connectivity index (χ3v) is 3.05. The predicted molar refractivity (Wildman–Crippen MR) is 75.3 cm³/mol. The summed E-state index contributed by atoms with van der Waals surface area (Å²) in [7, 11) is 0. The topological polar surface area (TPSA) is 49.3 Å². The standard InChI is InChI=1S/C14H20ClNO2/c1-2-3-4-5-9-13(14(17)18)16-12-8-6-7-11(15)10-12/h6-8,10,13,16H,2-5,9H2,1H3,(H,17,18). The Balaban J connectivity index is 2.50. The Labute approximate surface area is 113 Å². The number of nitrogens with one attached hydrogen (secondary N) is 1. The Bertz CT molecular complexity index is 382. The highest BCUT2D eigenvalue weighted by Gasteiger charge is 2.16. The van der Waals surface area contributed by atoms with Crippen molar-refractivity contribution in [2.75, 3.05) is 5.32 Å². The summed E-state index contributed by atoms with van der Waals surface area (Å²) in [6.07, 6.45) is 4.96. The number of hydrogen-bond donors (Lipinski definition) is 2. The first-order chi connectivity index (χ1) is 8.63. The SMILES string of the molecule is CCCCCCC(Nc1cccc(Cl)c1)C(=O)O. The average molecular weight is 270 g/mol. The third kappa shape index (κ3) is 5.41. The van der Waals surface area contributed by atoms with Crippen LogP contribution in [0.15, 0.2) is 24.3 Å². The zero-order chi connectivity index (χ0) is 13.4. The molecular formula is C14H20ClNO2. The van der Waals surface area contributed by atoms with Gasteiger partial charge in [0.05, 0.1) is 0 Å². The fourth-order valence-electron chi connectivity index (χ4n) is 1.81. The Morgan fingerprint density at radius 1 is 1.39 bits per heavy atom. The molecule has 0 spiro atoms. The van der Waals surface area contributed by atoms with Crippen LogP contribution in [0.1, 0.15) is 39.0 Å². The van der Waals surface area contributed by atoms with E-state index in [4.69, 9.17) is 16.7 Å². The highest BCUT2D eigenvalue weighted by Crippen LogP contribution is 2.17. The van der Waals surface area contributed by atoms with Crippen molar-refractivity contribution in [3.05, 3.63) is 29.3 Å². The van der Waals surface area contributed by atoms with Crippen molar-refractivity contribution in [1.82, 2.24) is 0 Å². The van der Waals surface area contributed by atoms with E-state index in [2.05, 4.69) is 12.2 Å². The smallest absolute Gasteiger partial charge is 0.326 e. The Hall–Kier alpha value is -1.22. The first-order valence-electron chi connectivity index (χ1n) is 6.38. The van der Waals surface area contributed by atoms with Gasteiger partial charge in [-0.1, -0.05) is 50.3 Å². The van der Waals surface area contributed by atoms with Crippen LogP contribution in [-0.2, 0) is 4.79 Å². The van der Waals surface area contributed by atoms with Crippen molar-refractivity contribution in [3.8, 4) is 0 Å². The van der Waals surface area contributed by atoms with Crippen LogP contribution in [-0.4, -0.2) is 17.1 Å². The molecule has 0 saturated heterocycles. The molecule has 18 heavy (non-hydrogen) atoms. The normalized spacial score (nSPS) is 12.1. The minimum Gasteiger partial charge on any atom is -0.480 e. The van der Waals surface area contributed by atoms with Gasteiger partial charge in [0.2, 0.25) is 0 Å². The fourth-order valence-corrected chi connectivity index (χ4v) is 2.00. The van der Waals surface area contributed by atoms with Crippen LogP contribution in [0.4, 0.5) is 5.69 Å². The van der Waals surface area contributed by atoms with E-state index < -0.39 is 12.0 Å². The van der Waals surface area contributed by atoms with Crippen molar-refractivity contribution in [1.29, 1.82) is 0 Å². The maximum Gasteiger partial charge on any atom is 0.326 e. The lowest BCUT2D eigenvalue weighted by atomic mass is 10.1. The molecule has 0 heterocycles. The minimum atomic E-state index is -0.813. The number of unbranched alkanes of at least 4 members (excludes halogenated alkanes) is 3. The van der Waals surface area contributed by atoms with Crippen molar-refractivity contribution in [3.63, 3.8) is 0 Å². The van der Waals surface area contributed by atoms with E-state index in [0.29, 0.717) is 11.4 Å². The van der Waals surface area contributed by atoms with E-state index in [0.717, 1.165) is 31.4 Å². The summed E-state index contributed by atoms with van der Waals surface area (Å²) in [5.74, 6) is -0.813. The number of halogens is 1. The summed E-state index contributed by atoms with van der Waals surface area (Å²) in [5.41, 5.74) is 0.755. The molecule has 2 N–H and O–H groups in total. The molecule has 0 aromatic heterocycles. The lowest BCUT2D eigenvalue weighted by Crippen LogP contribution is -2.29. The van der Waals surface area contributed by atoms with Gasteiger partial charge in [-0.05, 0) is 24.6 Å². The molecule has 0 aliphatic carbocycles. The highest BCUT2D eigenvalue weighted by molar-refractivity contribution is 6.30. The van der Waals surface area contributed by atoms with Crippen LogP contribution in [0.5, 0.6) is 0 Å². The number of anilines is 1.